The molecule has 2 rings (SSSR count). The molecular formula is C13H19N3O2. The molecule has 0 radical (unpaired) electrons. The molecule has 0 aliphatic carbocycles. The van der Waals surface area contributed by atoms with Crippen molar-refractivity contribution in [2.24, 2.45) is 0 Å². The maximum atomic E-state index is 12.3. The smallest absolute Gasteiger partial charge is 0.255 e. The molecule has 1 amide bonds. The molecule has 1 saturated heterocycles. The van der Waals surface area contributed by atoms with Crippen LogP contribution in [0.5, 0.6) is 0 Å². The normalized spacial score (nSPS) is 18.7. The number of nitrogens with two attached hydrogens (primary N) is 2. The Hall–Kier alpha value is -1.75. The molecule has 5 N–H and O–H groups in total. The second kappa shape index (κ2) is 4.49. The number of nitrogen functional groups attached to an aromatic ring is 2. The number of rotatable bonds is 1. The van der Waals surface area contributed by atoms with Gasteiger partial charge in [0, 0.05) is 24.5 Å². The zero-order valence-corrected chi connectivity index (χ0v) is 10.5. The van der Waals surface area contributed by atoms with Gasteiger partial charge in [0.1, 0.15) is 0 Å². The van der Waals surface area contributed by atoms with Crippen LogP contribution in [-0.2, 0) is 0 Å². The molecule has 0 spiro atoms. The first-order valence-electron chi connectivity index (χ1n) is 6.06. The average Bonchev–Trinajstić information content (AvgIpc) is 2.28. The standard InChI is InChI=1S/C13H19N3O2/c1-13(18)4-6-16(7-5-13)12(17)10-3-2-9(14)8-11(10)15/h2-3,8,18H,4-7,14-15H2,1H3. The summed E-state index contributed by atoms with van der Waals surface area (Å²) < 4.78 is 0. The number of carbonyl (C=O) groups is 1. The van der Waals surface area contributed by atoms with Crippen molar-refractivity contribution in [3.05, 3.63) is 23.8 Å². The lowest BCUT2D eigenvalue weighted by atomic mass is 9.93. The number of nitrogens with zero attached hydrogens (tertiary/aromatic N) is 1. The van der Waals surface area contributed by atoms with Crippen molar-refractivity contribution in [1.82, 2.24) is 4.90 Å². The fourth-order valence-electron chi connectivity index (χ4n) is 2.14. The lowest BCUT2D eigenvalue weighted by Crippen LogP contribution is -2.45. The van der Waals surface area contributed by atoms with Crippen molar-refractivity contribution in [1.29, 1.82) is 0 Å². The molecule has 5 nitrogen and oxygen atoms in total. The Kier molecular flexibility index (Phi) is 3.17. The number of aliphatic hydroxyl groups is 1. The van der Waals surface area contributed by atoms with Crippen LogP contribution in [0.25, 0.3) is 0 Å². The molecule has 0 aromatic heterocycles. The summed E-state index contributed by atoms with van der Waals surface area (Å²) in [5.41, 5.74) is 12.2. The minimum absolute atomic E-state index is 0.0944. The van der Waals surface area contributed by atoms with E-state index in [1.165, 1.54) is 0 Å². The van der Waals surface area contributed by atoms with Crippen LogP contribution in [-0.4, -0.2) is 34.6 Å². The van der Waals surface area contributed by atoms with Gasteiger partial charge in [0.25, 0.3) is 5.91 Å². The maximum absolute atomic E-state index is 12.3. The van der Waals surface area contributed by atoms with E-state index in [-0.39, 0.29) is 5.91 Å². The number of anilines is 2. The van der Waals surface area contributed by atoms with Crippen LogP contribution in [0.1, 0.15) is 30.1 Å². The summed E-state index contributed by atoms with van der Waals surface area (Å²) in [6.45, 7) is 2.90. The van der Waals surface area contributed by atoms with Crippen LogP contribution in [0.15, 0.2) is 18.2 Å². The van der Waals surface area contributed by atoms with Crippen molar-refractivity contribution in [3.8, 4) is 0 Å². The van der Waals surface area contributed by atoms with E-state index in [1.54, 1.807) is 30.0 Å². The molecule has 1 aromatic carbocycles. The van der Waals surface area contributed by atoms with Crippen LogP contribution in [0.4, 0.5) is 11.4 Å². The first kappa shape index (κ1) is 12.7. The molecule has 0 saturated carbocycles. The zero-order valence-electron chi connectivity index (χ0n) is 10.5. The van der Waals surface area contributed by atoms with Crippen molar-refractivity contribution in [3.63, 3.8) is 0 Å². The van der Waals surface area contributed by atoms with E-state index in [0.717, 1.165) is 0 Å². The maximum Gasteiger partial charge on any atom is 0.255 e. The third kappa shape index (κ3) is 2.56. The van der Waals surface area contributed by atoms with E-state index in [2.05, 4.69) is 0 Å². The molecular weight excluding hydrogens is 230 g/mol. The van der Waals surface area contributed by atoms with Gasteiger partial charge in [-0.15, -0.1) is 0 Å². The van der Waals surface area contributed by atoms with E-state index >= 15 is 0 Å². The van der Waals surface area contributed by atoms with Crippen LogP contribution < -0.4 is 11.5 Å². The van der Waals surface area contributed by atoms with Crippen LogP contribution in [0.3, 0.4) is 0 Å². The Morgan fingerprint density at radius 1 is 1.33 bits per heavy atom. The van der Waals surface area contributed by atoms with Gasteiger partial charge in [0.05, 0.1) is 11.2 Å². The molecule has 0 unspecified atom stereocenters. The summed E-state index contributed by atoms with van der Waals surface area (Å²) in [5.74, 6) is -0.0944. The van der Waals surface area contributed by atoms with Gasteiger partial charge in [0.2, 0.25) is 0 Å². The number of likely N-dealkylation sites (tertiary alicyclic amines) is 1. The lowest BCUT2D eigenvalue weighted by molar-refractivity contribution is -0.00198. The molecule has 1 heterocycles. The second-order valence-corrected chi connectivity index (χ2v) is 5.14. The Balaban J connectivity index is 2.13. The summed E-state index contributed by atoms with van der Waals surface area (Å²) in [4.78, 5) is 14.0. The van der Waals surface area contributed by atoms with E-state index in [9.17, 15) is 9.90 Å². The topological polar surface area (TPSA) is 92.6 Å². The molecule has 0 atom stereocenters. The molecule has 1 aliphatic heterocycles. The Labute approximate surface area is 106 Å². The minimum atomic E-state index is -0.663. The monoisotopic (exact) mass is 249 g/mol. The lowest BCUT2D eigenvalue weighted by Gasteiger charge is -2.36. The molecule has 18 heavy (non-hydrogen) atoms. The number of hydrogen-bond donors (Lipinski definition) is 3. The summed E-state index contributed by atoms with van der Waals surface area (Å²) in [6, 6.07) is 4.91. The second-order valence-electron chi connectivity index (χ2n) is 5.14. The SMILES string of the molecule is CC1(O)CCN(C(=O)c2ccc(N)cc2N)CC1. The number of piperidine rings is 1. The van der Waals surface area contributed by atoms with E-state index in [0.29, 0.717) is 42.9 Å². The van der Waals surface area contributed by atoms with Gasteiger partial charge < -0.3 is 21.5 Å². The third-order valence-corrected chi connectivity index (χ3v) is 3.43. The highest BCUT2D eigenvalue weighted by Gasteiger charge is 2.30. The van der Waals surface area contributed by atoms with Gasteiger partial charge in [-0.3, -0.25) is 4.79 Å². The van der Waals surface area contributed by atoms with Gasteiger partial charge in [-0.1, -0.05) is 0 Å². The molecule has 98 valence electrons. The number of amides is 1. The third-order valence-electron chi connectivity index (χ3n) is 3.43. The Bertz CT molecular complexity index is 461. The van der Waals surface area contributed by atoms with E-state index in [1.807, 2.05) is 0 Å². The van der Waals surface area contributed by atoms with E-state index < -0.39 is 5.60 Å². The first-order chi connectivity index (χ1) is 8.39. The molecule has 5 heteroatoms. The molecule has 1 fully saturated rings. The molecule has 1 aromatic rings. The highest BCUT2D eigenvalue weighted by atomic mass is 16.3. The number of hydrogen-bond acceptors (Lipinski definition) is 4. The zero-order chi connectivity index (χ0) is 13.3. The van der Waals surface area contributed by atoms with E-state index in [4.69, 9.17) is 11.5 Å². The average molecular weight is 249 g/mol. The van der Waals surface area contributed by atoms with Crippen LogP contribution >= 0.6 is 0 Å². The van der Waals surface area contributed by atoms with Crippen LogP contribution in [0.2, 0.25) is 0 Å². The highest BCUT2D eigenvalue weighted by Crippen LogP contribution is 2.24. The van der Waals surface area contributed by atoms with Crippen molar-refractivity contribution in [2.45, 2.75) is 25.4 Å². The summed E-state index contributed by atoms with van der Waals surface area (Å²) in [6.07, 6.45) is 1.18. The fourth-order valence-corrected chi connectivity index (χ4v) is 2.14. The predicted octanol–water partition coefficient (Wildman–Crippen LogP) is 0.838. The van der Waals surface area contributed by atoms with Gasteiger partial charge in [-0.25, -0.2) is 0 Å². The Morgan fingerprint density at radius 3 is 2.50 bits per heavy atom. The Morgan fingerprint density at radius 2 is 1.94 bits per heavy atom. The molecule has 1 aliphatic rings. The van der Waals surface area contributed by atoms with Crippen LogP contribution in [0, 0.1) is 0 Å². The summed E-state index contributed by atoms with van der Waals surface area (Å²) >= 11 is 0. The van der Waals surface area contributed by atoms with Gasteiger partial charge >= 0.3 is 0 Å². The summed E-state index contributed by atoms with van der Waals surface area (Å²) in [5, 5.41) is 9.86. The van der Waals surface area contributed by atoms with Crippen molar-refractivity contribution in [2.75, 3.05) is 24.6 Å². The van der Waals surface area contributed by atoms with Crippen molar-refractivity contribution >= 4 is 17.3 Å². The van der Waals surface area contributed by atoms with Gasteiger partial charge in [0.15, 0.2) is 0 Å². The fraction of sp³-hybridized carbons (Fsp3) is 0.462. The largest absolute Gasteiger partial charge is 0.399 e. The number of carbonyl (C=O) groups excluding carboxylic acids is 1. The van der Waals surface area contributed by atoms with Gasteiger partial charge in [-0.05, 0) is 38.0 Å². The van der Waals surface area contributed by atoms with Crippen molar-refractivity contribution < 1.29 is 9.90 Å². The van der Waals surface area contributed by atoms with Gasteiger partial charge in [-0.2, -0.15) is 0 Å². The quantitative estimate of drug-likeness (QED) is 0.643. The predicted molar refractivity (Wildman–Crippen MR) is 71.0 cm³/mol. The first-order valence-corrected chi connectivity index (χ1v) is 6.06. The highest BCUT2D eigenvalue weighted by molar-refractivity contribution is 5.99. The number of benzene rings is 1. The minimum Gasteiger partial charge on any atom is -0.399 e. The summed E-state index contributed by atoms with van der Waals surface area (Å²) in [7, 11) is 0. The molecule has 0 bridgehead atoms.